The highest BCUT2D eigenvalue weighted by Gasteiger charge is 2.35. The number of carboxylic acids is 1. The van der Waals surface area contributed by atoms with E-state index in [1.807, 2.05) is 12.1 Å². The number of hydrogen-bond acceptors (Lipinski definition) is 5. The monoisotopic (exact) mass is 386 g/mol. The summed E-state index contributed by atoms with van der Waals surface area (Å²) in [5.41, 5.74) is 0.387. The summed E-state index contributed by atoms with van der Waals surface area (Å²) in [7, 11) is 0. The summed E-state index contributed by atoms with van der Waals surface area (Å²) < 4.78 is 1.02. The molecule has 2 N–H and O–H groups in total. The molecule has 3 rings (SSSR count). The Bertz CT molecular complexity index is 691. The first-order chi connectivity index (χ1) is 10.0. The molecule has 1 aliphatic carbocycles. The maximum Gasteiger partial charge on any atom is 0.306 e. The number of rotatable bonds is 4. The molecule has 110 valence electrons. The van der Waals surface area contributed by atoms with Crippen LogP contribution in [0.5, 0.6) is 0 Å². The Hall–Kier alpha value is -1.25. The van der Waals surface area contributed by atoms with Crippen LogP contribution in [0.1, 0.15) is 23.3 Å². The number of nitrogens with zero attached hydrogens (tertiary/aromatic N) is 1. The number of thiophene rings is 1. The number of carboxylic acid groups (broad SMARTS) is 1. The minimum absolute atomic E-state index is 0.0559. The zero-order valence-electron chi connectivity index (χ0n) is 10.7. The first-order valence-electron chi connectivity index (χ1n) is 6.28. The van der Waals surface area contributed by atoms with Crippen molar-refractivity contribution in [3.05, 3.63) is 27.0 Å². The standard InChI is InChI=1S/C13H11BrN2O3S2/c14-10-2-1-9(21-10)12-16-8(5-20-12)11(17)15-7-3-6(4-7)13(18)19/h1-2,5-7H,3-4H2,(H,15,17)(H,18,19). The van der Waals surface area contributed by atoms with Gasteiger partial charge in [-0.15, -0.1) is 22.7 Å². The van der Waals surface area contributed by atoms with Crippen LogP contribution < -0.4 is 5.32 Å². The molecule has 1 fully saturated rings. The quantitative estimate of drug-likeness (QED) is 0.844. The highest BCUT2D eigenvalue weighted by atomic mass is 79.9. The molecule has 0 bridgehead atoms. The number of carbonyl (C=O) groups is 2. The normalized spacial score (nSPS) is 20.8. The van der Waals surface area contributed by atoms with Gasteiger partial charge in [0.25, 0.3) is 5.91 Å². The Morgan fingerprint density at radius 2 is 2.14 bits per heavy atom. The molecule has 0 saturated heterocycles. The van der Waals surface area contributed by atoms with Crippen molar-refractivity contribution in [3.63, 3.8) is 0 Å². The highest BCUT2D eigenvalue weighted by Crippen LogP contribution is 2.33. The molecular weight excluding hydrogens is 376 g/mol. The van der Waals surface area contributed by atoms with Gasteiger partial charge in [0.1, 0.15) is 10.7 Å². The van der Waals surface area contributed by atoms with Crippen LogP contribution >= 0.6 is 38.6 Å². The third-order valence-electron chi connectivity index (χ3n) is 3.34. The highest BCUT2D eigenvalue weighted by molar-refractivity contribution is 9.11. The van der Waals surface area contributed by atoms with Crippen molar-refractivity contribution in [3.8, 4) is 9.88 Å². The van der Waals surface area contributed by atoms with Crippen molar-refractivity contribution in [2.45, 2.75) is 18.9 Å². The van der Waals surface area contributed by atoms with Crippen molar-refractivity contribution in [1.29, 1.82) is 0 Å². The van der Waals surface area contributed by atoms with Gasteiger partial charge in [0.15, 0.2) is 0 Å². The summed E-state index contributed by atoms with van der Waals surface area (Å²) >= 11 is 6.39. The number of halogens is 1. The van der Waals surface area contributed by atoms with Crippen LogP contribution in [-0.2, 0) is 4.79 Å². The van der Waals surface area contributed by atoms with E-state index in [0.29, 0.717) is 18.5 Å². The summed E-state index contributed by atoms with van der Waals surface area (Å²) in [5, 5.41) is 14.2. The van der Waals surface area contributed by atoms with E-state index < -0.39 is 5.97 Å². The van der Waals surface area contributed by atoms with Crippen molar-refractivity contribution in [2.75, 3.05) is 0 Å². The molecule has 0 spiro atoms. The maximum atomic E-state index is 12.1. The van der Waals surface area contributed by atoms with Crippen molar-refractivity contribution < 1.29 is 14.7 Å². The lowest BCUT2D eigenvalue weighted by molar-refractivity contribution is -0.145. The van der Waals surface area contributed by atoms with E-state index in [-0.39, 0.29) is 17.9 Å². The van der Waals surface area contributed by atoms with E-state index in [2.05, 4.69) is 26.2 Å². The van der Waals surface area contributed by atoms with E-state index >= 15 is 0 Å². The molecular formula is C13H11BrN2O3S2. The van der Waals surface area contributed by atoms with Crippen LogP contribution in [0.2, 0.25) is 0 Å². The van der Waals surface area contributed by atoms with Gasteiger partial charge >= 0.3 is 5.97 Å². The Morgan fingerprint density at radius 1 is 1.38 bits per heavy atom. The van der Waals surface area contributed by atoms with Crippen LogP contribution in [0, 0.1) is 5.92 Å². The molecule has 5 nitrogen and oxygen atoms in total. The van der Waals surface area contributed by atoms with Crippen LogP contribution in [-0.4, -0.2) is 28.0 Å². The number of aliphatic carboxylic acids is 1. The summed E-state index contributed by atoms with van der Waals surface area (Å²) in [6, 6.07) is 3.85. The van der Waals surface area contributed by atoms with Gasteiger partial charge in [0.05, 0.1) is 14.6 Å². The molecule has 1 saturated carbocycles. The first-order valence-corrected chi connectivity index (χ1v) is 8.76. The fourth-order valence-electron chi connectivity index (χ4n) is 2.12. The predicted molar refractivity (Wildman–Crippen MR) is 84.7 cm³/mol. The lowest BCUT2D eigenvalue weighted by Crippen LogP contribution is -2.46. The second kappa shape index (κ2) is 5.86. The summed E-state index contributed by atoms with van der Waals surface area (Å²) in [6.45, 7) is 0. The van der Waals surface area contributed by atoms with Crippen molar-refractivity contribution >= 4 is 50.5 Å². The first kappa shape index (κ1) is 14.7. The molecule has 0 atom stereocenters. The molecule has 21 heavy (non-hydrogen) atoms. The van der Waals surface area contributed by atoms with E-state index in [1.54, 1.807) is 16.7 Å². The number of amides is 1. The number of hydrogen-bond donors (Lipinski definition) is 2. The maximum absolute atomic E-state index is 12.1. The van der Waals surface area contributed by atoms with Crippen molar-refractivity contribution in [1.82, 2.24) is 10.3 Å². The minimum atomic E-state index is -0.792. The van der Waals surface area contributed by atoms with Crippen LogP contribution in [0.25, 0.3) is 9.88 Å². The number of carbonyl (C=O) groups excluding carboxylic acids is 1. The fourth-order valence-corrected chi connectivity index (χ4v) is 4.38. The fraction of sp³-hybridized carbons (Fsp3) is 0.308. The minimum Gasteiger partial charge on any atom is -0.481 e. The smallest absolute Gasteiger partial charge is 0.306 e. The zero-order chi connectivity index (χ0) is 15.0. The molecule has 0 aromatic carbocycles. The van der Waals surface area contributed by atoms with Crippen LogP contribution in [0.3, 0.4) is 0 Å². The third-order valence-corrected chi connectivity index (χ3v) is 5.98. The Morgan fingerprint density at radius 3 is 2.76 bits per heavy atom. The predicted octanol–water partition coefficient (Wildman–Crippen LogP) is 3.23. The largest absolute Gasteiger partial charge is 0.481 e. The van der Waals surface area contributed by atoms with E-state index in [0.717, 1.165) is 13.7 Å². The molecule has 0 radical (unpaired) electrons. The molecule has 2 aromatic rings. The molecule has 2 heterocycles. The van der Waals surface area contributed by atoms with Crippen LogP contribution in [0.4, 0.5) is 0 Å². The van der Waals surface area contributed by atoms with Crippen LogP contribution in [0.15, 0.2) is 21.3 Å². The molecule has 8 heteroatoms. The summed E-state index contributed by atoms with van der Waals surface area (Å²) in [6.07, 6.45) is 0.992. The second-order valence-electron chi connectivity index (χ2n) is 4.82. The topological polar surface area (TPSA) is 79.3 Å². The Labute approximate surface area is 137 Å². The lowest BCUT2D eigenvalue weighted by Gasteiger charge is -2.32. The van der Waals surface area contributed by atoms with Gasteiger partial charge in [0, 0.05) is 11.4 Å². The molecule has 0 unspecified atom stereocenters. The van der Waals surface area contributed by atoms with Gasteiger partial charge in [0.2, 0.25) is 0 Å². The number of nitrogens with one attached hydrogen (secondary N) is 1. The Kier molecular flexibility index (Phi) is 4.10. The van der Waals surface area contributed by atoms with Gasteiger partial charge in [-0.3, -0.25) is 9.59 Å². The second-order valence-corrected chi connectivity index (χ2v) is 8.14. The van der Waals surface area contributed by atoms with Crippen molar-refractivity contribution in [2.24, 2.45) is 5.92 Å². The number of thiazole rings is 1. The average molecular weight is 387 g/mol. The SMILES string of the molecule is O=C(NC1CC(C(=O)O)C1)c1csc(-c2ccc(Br)s2)n1. The number of aromatic nitrogens is 1. The van der Waals surface area contributed by atoms with Gasteiger partial charge in [-0.1, -0.05) is 0 Å². The summed E-state index contributed by atoms with van der Waals surface area (Å²) in [5.74, 6) is -1.36. The van der Waals surface area contributed by atoms with Gasteiger partial charge in [-0.05, 0) is 40.9 Å². The van der Waals surface area contributed by atoms with E-state index in [9.17, 15) is 9.59 Å². The lowest BCUT2D eigenvalue weighted by atomic mass is 9.80. The van der Waals surface area contributed by atoms with E-state index in [4.69, 9.17) is 5.11 Å². The van der Waals surface area contributed by atoms with E-state index in [1.165, 1.54) is 11.3 Å². The molecule has 0 aliphatic heterocycles. The average Bonchev–Trinajstić information content (AvgIpc) is 3.00. The molecule has 2 aromatic heterocycles. The third kappa shape index (κ3) is 3.17. The zero-order valence-corrected chi connectivity index (χ0v) is 13.9. The van der Waals surface area contributed by atoms with Gasteiger partial charge in [-0.25, -0.2) is 4.98 Å². The molecule has 1 amide bonds. The summed E-state index contributed by atoms with van der Waals surface area (Å²) in [4.78, 5) is 28.1. The van der Waals surface area contributed by atoms with Gasteiger partial charge < -0.3 is 10.4 Å². The molecule has 1 aliphatic rings. The van der Waals surface area contributed by atoms with Gasteiger partial charge in [-0.2, -0.15) is 0 Å². The Balaban J connectivity index is 1.61.